The number of fused-ring (bicyclic) bond motifs is 3. The van der Waals surface area contributed by atoms with E-state index in [0.29, 0.717) is 21.8 Å². The number of imidazole rings is 1. The first kappa shape index (κ1) is 20.6. The van der Waals surface area contributed by atoms with Gasteiger partial charge in [-0.25, -0.2) is 9.38 Å². The summed E-state index contributed by atoms with van der Waals surface area (Å²) in [5.41, 5.74) is 3.33. The maximum Gasteiger partial charge on any atom is 0.274 e. The fourth-order valence-electron chi connectivity index (χ4n) is 3.36. The number of para-hydroxylation sites is 2. The van der Waals surface area contributed by atoms with E-state index < -0.39 is 4.92 Å². The molecule has 0 aliphatic rings. The molecule has 0 aliphatic heterocycles. The van der Waals surface area contributed by atoms with Gasteiger partial charge in [-0.05, 0) is 76.2 Å². The molecule has 0 amide bonds. The Kier molecular flexibility index (Phi) is 5.35. The predicted octanol–water partition coefficient (Wildman–Crippen LogP) is 4.55. The molecular weight excluding hydrogens is 541 g/mol. The molecule has 0 radical (unpaired) electrons. The maximum absolute atomic E-state index is 12.9. The number of nitrogens with zero attached hydrogens (tertiary/aromatic N) is 3. The van der Waals surface area contributed by atoms with Crippen molar-refractivity contribution in [1.29, 1.82) is 0 Å². The number of hydrogen-bond acceptors (Lipinski definition) is 6. The van der Waals surface area contributed by atoms with Gasteiger partial charge in [0.15, 0.2) is 4.96 Å². The summed E-state index contributed by atoms with van der Waals surface area (Å²) in [5, 5.41) is 10.8. The zero-order valence-electron chi connectivity index (χ0n) is 16.4. The van der Waals surface area contributed by atoms with Crippen LogP contribution in [0.1, 0.15) is 11.1 Å². The predicted molar refractivity (Wildman–Crippen MR) is 132 cm³/mol. The normalized spacial score (nSPS) is 12.0. The monoisotopic (exact) mass is 555 g/mol. The maximum atomic E-state index is 12.9. The van der Waals surface area contributed by atoms with Crippen LogP contribution >= 0.6 is 33.9 Å². The Morgan fingerprint density at radius 3 is 2.66 bits per heavy atom. The van der Waals surface area contributed by atoms with Crippen molar-refractivity contribution in [3.63, 3.8) is 0 Å². The van der Waals surface area contributed by atoms with Crippen LogP contribution in [0.3, 0.4) is 0 Å². The number of hydrogen-bond donors (Lipinski definition) is 0. The van der Waals surface area contributed by atoms with Crippen LogP contribution in [-0.2, 0) is 6.61 Å². The Balaban J connectivity index is 1.39. The van der Waals surface area contributed by atoms with Crippen LogP contribution in [0.5, 0.6) is 5.75 Å². The molecule has 7 nitrogen and oxygen atoms in total. The van der Waals surface area contributed by atoms with E-state index in [1.54, 1.807) is 16.5 Å². The molecule has 0 saturated carbocycles. The zero-order chi connectivity index (χ0) is 22.2. The number of ether oxygens (including phenoxy) is 1. The molecule has 3 aromatic carbocycles. The summed E-state index contributed by atoms with van der Waals surface area (Å²) < 4.78 is 9.04. The van der Waals surface area contributed by atoms with Gasteiger partial charge in [0.05, 0.1) is 24.1 Å². The van der Waals surface area contributed by atoms with Gasteiger partial charge in [0.1, 0.15) is 12.4 Å². The lowest BCUT2D eigenvalue weighted by Crippen LogP contribution is -2.22. The topological polar surface area (TPSA) is 86.7 Å². The lowest BCUT2D eigenvalue weighted by molar-refractivity contribution is -0.384. The second-order valence-electron chi connectivity index (χ2n) is 7.04. The largest absolute Gasteiger partial charge is 0.488 e. The van der Waals surface area contributed by atoms with Crippen LogP contribution in [0.25, 0.3) is 22.1 Å². The highest BCUT2D eigenvalue weighted by Crippen LogP contribution is 2.24. The summed E-state index contributed by atoms with van der Waals surface area (Å²) in [5.74, 6) is 0.704. The molecule has 2 heterocycles. The van der Waals surface area contributed by atoms with Gasteiger partial charge in [-0.3, -0.25) is 14.9 Å². The van der Waals surface area contributed by atoms with Crippen LogP contribution in [0.15, 0.2) is 71.5 Å². The van der Waals surface area contributed by atoms with Crippen LogP contribution < -0.4 is 14.8 Å². The van der Waals surface area contributed by atoms with Crippen molar-refractivity contribution in [1.82, 2.24) is 9.38 Å². The molecule has 32 heavy (non-hydrogen) atoms. The van der Waals surface area contributed by atoms with Crippen LogP contribution in [0.2, 0.25) is 0 Å². The third-order valence-corrected chi connectivity index (χ3v) is 6.75. The van der Waals surface area contributed by atoms with Gasteiger partial charge in [-0.15, -0.1) is 0 Å². The highest BCUT2D eigenvalue weighted by atomic mass is 127. The molecule has 2 aromatic heterocycles. The fraction of sp³-hybridized carbons (Fsp3) is 0.0435. The number of rotatable bonds is 5. The van der Waals surface area contributed by atoms with E-state index in [0.717, 1.165) is 25.7 Å². The molecule has 158 valence electrons. The average Bonchev–Trinajstić information content (AvgIpc) is 3.29. The second-order valence-corrected chi connectivity index (χ2v) is 9.21. The molecule has 5 aromatic rings. The lowest BCUT2D eigenvalue weighted by Gasteiger charge is -2.09. The standard InChI is InChI=1S/C23H14IN3O4S/c24-17-11-15(7-10-20(17)31-13-14-5-8-16(9-6-14)27(29)30)12-21-22(28)26-19-4-2-1-3-18(19)25-23(26)32-21/h1-12H,13H2/b21-12-. The minimum absolute atomic E-state index is 0.0509. The quantitative estimate of drug-likeness (QED) is 0.181. The molecule has 0 spiro atoms. The number of nitro groups is 1. The van der Waals surface area contributed by atoms with Crippen molar-refractivity contribution in [2.75, 3.05) is 0 Å². The molecule has 0 aliphatic carbocycles. The van der Waals surface area contributed by atoms with Gasteiger partial charge in [0.25, 0.3) is 11.2 Å². The van der Waals surface area contributed by atoms with Crippen molar-refractivity contribution >= 4 is 61.7 Å². The van der Waals surface area contributed by atoms with Crippen molar-refractivity contribution in [2.24, 2.45) is 0 Å². The zero-order valence-corrected chi connectivity index (χ0v) is 19.4. The van der Waals surface area contributed by atoms with E-state index in [1.807, 2.05) is 48.5 Å². The highest BCUT2D eigenvalue weighted by molar-refractivity contribution is 14.1. The highest BCUT2D eigenvalue weighted by Gasteiger charge is 2.11. The smallest absolute Gasteiger partial charge is 0.274 e. The summed E-state index contributed by atoms with van der Waals surface area (Å²) in [6, 6.07) is 19.6. The molecule has 0 unspecified atom stereocenters. The number of non-ortho nitro benzene ring substituents is 1. The van der Waals surface area contributed by atoms with Gasteiger partial charge < -0.3 is 4.74 Å². The molecular formula is C23H14IN3O4S. The van der Waals surface area contributed by atoms with Crippen molar-refractivity contribution < 1.29 is 9.66 Å². The Morgan fingerprint density at radius 1 is 1.12 bits per heavy atom. The van der Waals surface area contributed by atoms with Gasteiger partial charge in [0.2, 0.25) is 0 Å². The third kappa shape index (κ3) is 3.84. The fourth-order valence-corrected chi connectivity index (χ4v) is 5.04. The molecule has 0 N–H and O–H groups in total. The first-order valence-corrected chi connectivity index (χ1v) is 11.5. The Hall–Kier alpha value is -3.31. The van der Waals surface area contributed by atoms with Crippen molar-refractivity contribution in [2.45, 2.75) is 6.61 Å². The first-order valence-electron chi connectivity index (χ1n) is 9.57. The molecule has 0 saturated heterocycles. The average molecular weight is 555 g/mol. The number of thiazole rings is 1. The first-order chi connectivity index (χ1) is 15.5. The van der Waals surface area contributed by atoms with E-state index in [9.17, 15) is 14.9 Å². The van der Waals surface area contributed by atoms with Crippen LogP contribution in [0, 0.1) is 13.7 Å². The van der Waals surface area contributed by atoms with E-state index in [-0.39, 0.29) is 11.2 Å². The molecule has 0 bridgehead atoms. The van der Waals surface area contributed by atoms with E-state index in [2.05, 4.69) is 27.6 Å². The van der Waals surface area contributed by atoms with Gasteiger partial charge >= 0.3 is 0 Å². The second kappa shape index (κ2) is 8.32. The van der Waals surface area contributed by atoms with Gasteiger partial charge in [-0.2, -0.15) is 0 Å². The summed E-state index contributed by atoms with van der Waals surface area (Å²) >= 11 is 3.56. The van der Waals surface area contributed by atoms with Crippen LogP contribution in [0.4, 0.5) is 5.69 Å². The lowest BCUT2D eigenvalue weighted by atomic mass is 10.2. The molecule has 5 rings (SSSR count). The minimum atomic E-state index is -0.427. The molecule has 0 fully saturated rings. The third-order valence-electron chi connectivity index (χ3n) is 4.94. The Bertz CT molecular complexity index is 1590. The molecule has 0 atom stereocenters. The molecule has 9 heteroatoms. The Labute approximate surface area is 198 Å². The van der Waals surface area contributed by atoms with Gasteiger partial charge in [-0.1, -0.05) is 29.5 Å². The minimum Gasteiger partial charge on any atom is -0.488 e. The van der Waals surface area contributed by atoms with E-state index in [4.69, 9.17) is 4.74 Å². The van der Waals surface area contributed by atoms with Crippen molar-refractivity contribution in [3.8, 4) is 5.75 Å². The number of aromatic nitrogens is 2. The summed E-state index contributed by atoms with van der Waals surface area (Å²) in [7, 11) is 0. The summed E-state index contributed by atoms with van der Waals surface area (Å²) in [6.07, 6.45) is 1.86. The summed E-state index contributed by atoms with van der Waals surface area (Å²) in [4.78, 5) is 28.5. The SMILES string of the molecule is O=c1/c(=C/c2ccc(OCc3ccc([N+](=O)[O-])cc3)c(I)c2)sc2nc3ccccc3n12. The number of halogens is 1. The number of nitro benzene ring substituents is 1. The number of benzene rings is 3. The Morgan fingerprint density at radius 2 is 1.91 bits per heavy atom. The summed E-state index contributed by atoms with van der Waals surface area (Å²) in [6.45, 7) is 0.303. The van der Waals surface area contributed by atoms with Crippen LogP contribution in [-0.4, -0.2) is 14.3 Å². The van der Waals surface area contributed by atoms with E-state index in [1.165, 1.54) is 23.5 Å². The van der Waals surface area contributed by atoms with Crippen molar-refractivity contribution in [3.05, 3.63) is 106 Å². The van der Waals surface area contributed by atoms with E-state index >= 15 is 0 Å². The van der Waals surface area contributed by atoms with Gasteiger partial charge in [0, 0.05) is 12.1 Å².